The Morgan fingerprint density at radius 2 is 2.57 bits per heavy atom. The summed E-state index contributed by atoms with van der Waals surface area (Å²) in [5.41, 5.74) is 0. The molecule has 1 unspecified atom stereocenters. The van der Waals surface area contributed by atoms with Crippen LogP contribution in [0.4, 0.5) is 4.79 Å². The first-order chi connectivity index (χ1) is 3.29. The van der Waals surface area contributed by atoms with E-state index in [1.807, 2.05) is 0 Å². The van der Waals surface area contributed by atoms with E-state index in [1.165, 1.54) is 0 Å². The summed E-state index contributed by atoms with van der Waals surface area (Å²) in [6.45, 7) is 0.476. The molecule has 0 aliphatic carbocycles. The van der Waals surface area contributed by atoms with Gasteiger partial charge in [0, 0.05) is 0 Å². The maximum absolute atomic E-state index is 10.0. The van der Waals surface area contributed by atoms with Gasteiger partial charge in [0.05, 0.1) is 0 Å². The monoisotopic (exact) mass is 226 g/mol. The van der Waals surface area contributed by atoms with Gasteiger partial charge in [0.15, 0.2) is 0 Å². The Hall–Kier alpha value is 0.465. The zero-order chi connectivity index (χ0) is 5.28. The van der Waals surface area contributed by atoms with Crippen molar-refractivity contribution in [3.63, 3.8) is 0 Å². The van der Waals surface area contributed by atoms with E-state index in [4.69, 9.17) is 0 Å². The van der Waals surface area contributed by atoms with Crippen LogP contribution in [-0.2, 0) is 9.47 Å². The van der Waals surface area contributed by atoms with E-state index in [-0.39, 0.29) is 2.51 Å². The molecular formula is C3H3LaO3. The van der Waals surface area contributed by atoms with E-state index in [1.54, 1.807) is 0 Å². The number of carbonyl (C=O) groups is 1. The van der Waals surface area contributed by atoms with Crippen LogP contribution in [0.5, 0.6) is 0 Å². The Kier molecular flexibility index (Phi) is 1.72. The molecule has 4 heteroatoms. The van der Waals surface area contributed by atoms with Crippen LogP contribution < -0.4 is 0 Å². The molecule has 0 N–H and O–H groups in total. The summed E-state index contributed by atoms with van der Waals surface area (Å²) in [5, 5.41) is 0. The van der Waals surface area contributed by atoms with Crippen molar-refractivity contribution < 1.29 is 48.0 Å². The first-order valence-corrected chi connectivity index (χ1v) is 3.97. The zero-order valence-corrected chi connectivity index (χ0v) is 7.21. The van der Waals surface area contributed by atoms with Crippen molar-refractivity contribution in [2.75, 3.05) is 6.61 Å². The summed E-state index contributed by atoms with van der Waals surface area (Å²) in [4.78, 5) is 10.0. The maximum atomic E-state index is 10.0. The van der Waals surface area contributed by atoms with Crippen molar-refractivity contribution in [1.29, 1.82) is 0 Å². The van der Waals surface area contributed by atoms with Gasteiger partial charge in [0.2, 0.25) is 0 Å². The van der Waals surface area contributed by atoms with Gasteiger partial charge in [-0.3, -0.25) is 0 Å². The van der Waals surface area contributed by atoms with E-state index in [9.17, 15) is 4.79 Å². The second kappa shape index (κ2) is 2.16. The number of hydrogen-bond donors (Lipinski definition) is 0. The Morgan fingerprint density at radius 3 is 2.71 bits per heavy atom. The minimum atomic E-state index is -0.507. The fraction of sp³-hybridized carbons (Fsp3) is 0.667. The normalized spacial score (nSPS) is 29.0. The molecule has 1 atom stereocenters. The molecule has 1 saturated heterocycles. The van der Waals surface area contributed by atoms with Crippen LogP contribution in [0.15, 0.2) is 0 Å². The van der Waals surface area contributed by atoms with Crippen LogP contribution in [0.2, 0.25) is 0 Å². The van der Waals surface area contributed by atoms with Crippen molar-refractivity contribution in [3.8, 4) is 0 Å². The van der Waals surface area contributed by atoms with E-state index >= 15 is 0 Å². The Morgan fingerprint density at radius 1 is 1.86 bits per heavy atom. The van der Waals surface area contributed by atoms with E-state index < -0.39 is 6.16 Å². The molecule has 0 aromatic carbocycles. The molecule has 0 spiro atoms. The molecule has 36 valence electrons. The van der Waals surface area contributed by atoms with Crippen molar-refractivity contribution in [3.05, 3.63) is 0 Å². The molecule has 0 aromatic rings. The van der Waals surface area contributed by atoms with Gasteiger partial charge in [-0.25, -0.2) is 0 Å². The summed E-state index contributed by atoms with van der Waals surface area (Å²) < 4.78 is 9.14. The molecule has 1 heterocycles. The van der Waals surface area contributed by atoms with E-state index in [0.29, 0.717) is 40.3 Å². The summed E-state index contributed by atoms with van der Waals surface area (Å²) >= 11 is 0.691. The van der Waals surface area contributed by atoms with Gasteiger partial charge in [0.1, 0.15) is 0 Å². The van der Waals surface area contributed by atoms with Gasteiger partial charge in [-0.1, -0.05) is 0 Å². The van der Waals surface area contributed by atoms with Crippen molar-refractivity contribution >= 4 is 6.16 Å². The fourth-order valence-electron chi connectivity index (χ4n) is 0.342. The van der Waals surface area contributed by atoms with Crippen LogP contribution in [0, 0.1) is 33.7 Å². The third kappa shape index (κ3) is 1.44. The molecule has 1 aliphatic rings. The van der Waals surface area contributed by atoms with Gasteiger partial charge >= 0.3 is 63.3 Å². The molecule has 1 aliphatic heterocycles. The third-order valence-corrected chi connectivity index (χ3v) is 1.64. The predicted octanol–water partition coefficient (Wildman–Crippen LogP) is 0.0286. The summed E-state index contributed by atoms with van der Waals surface area (Å²) in [6.07, 6.45) is -0.507. The molecule has 0 bridgehead atoms. The van der Waals surface area contributed by atoms with Crippen LogP contribution in [0.1, 0.15) is 0 Å². The van der Waals surface area contributed by atoms with Gasteiger partial charge in [-0.2, -0.15) is 0 Å². The van der Waals surface area contributed by atoms with Crippen molar-refractivity contribution in [2.24, 2.45) is 0 Å². The summed E-state index contributed by atoms with van der Waals surface area (Å²) in [7, 11) is 0. The van der Waals surface area contributed by atoms with Crippen molar-refractivity contribution in [1.82, 2.24) is 0 Å². The second-order valence-corrected chi connectivity index (χ2v) is 3.55. The topological polar surface area (TPSA) is 35.5 Å². The number of cyclic esters (lactones) is 2. The van der Waals surface area contributed by atoms with Crippen LogP contribution in [0.3, 0.4) is 0 Å². The summed E-state index contributed by atoms with van der Waals surface area (Å²) in [6, 6.07) is 0. The fourth-order valence-corrected chi connectivity index (χ4v) is 0.993. The van der Waals surface area contributed by atoms with Gasteiger partial charge in [-0.05, 0) is 0 Å². The molecule has 1 rings (SSSR count). The zero-order valence-electron chi connectivity index (χ0n) is 3.59. The molecule has 0 radical (unpaired) electrons. The van der Waals surface area contributed by atoms with Gasteiger partial charge in [0.25, 0.3) is 0 Å². The minimum absolute atomic E-state index is 0.118. The quantitative estimate of drug-likeness (QED) is 0.546. The van der Waals surface area contributed by atoms with Crippen molar-refractivity contribution in [2.45, 2.75) is 2.51 Å². The van der Waals surface area contributed by atoms with E-state index in [2.05, 4.69) is 9.47 Å². The molecule has 1 fully saturated rings. The number of hydrogen-bond acceptors (Lipinski definition) is 3. The molecule has 0 saturated carbocycles. The van der Waals surface area contributed by atoms with Crippen LogP contribution in [-0.4, -0.2) is 15.3 Å². The van der Waals surface area contributed by atoms with Gasteiger partial charge in [-0.15, -0.1) is 0 Å². The second-order valence-electron chi connectivity index (χ2n) is 1.22. The average molecular weight is 226 g/mol. The molecule has 0 amide bonds. The number of carbonyl (C=O) groups excluding carboxylic acids is 1. The van der Waals surface area contributed by atoms with Crippen LogP contribution in [0.25, 0.3) is 0 Å². The summed E-state index contributed by atoms with van der Waals surface area (Å²) in [5.74, 6) is 0. The third-order valence-electron chi connectivity index (χ3n) is 0.613. The predicted molar refractivity (Wildman–Crippen MR) is 16.2 cm³/mol. The van der Waals surface area contributed by atoms with Gasteiger partial charge < -0.3 is 0 Å². The van der Waals surface area contributed by atoms with E-state index in [0.717, 1.165) is 0 Å². The first-order valence-electron chi connectivity index (χ1n) is 1.88. The number of rotatable bonds is 0. The standard InChI is InChI=1S/C3H3O3.La/c4-3-5-1-2-6-3;/h1H,2H2;. The molecule has 7 heavy (non-hydrogen) atoms. The SMILES string of the molecule is O=C1OC[CH]([La])O1. The molecule has 3 nitrogen and oxygen atoms in total. The molecule has 0 aromatic heterocycles. The number of ether oxygens (including phenoxy) is 2. The van der Waals surface area contributed by atoms with Crippen LogP contribution >= 0.6 is 0 Å². The molecular weight excluding hydrogens is 223 g/mol. The Balaban J connectivity index is 2.40. The Bertz CT molecular complexity index is 92.2. The average Bonchev–Trinajstić information content (AvgIpc) is 1.87. The first kappa shape index (κ1) is 5.60. The Labute approximate surface area is 63.0 Å².